The minimum atomic E-state index is -3.29. The minimum absolute atomic E-state index is 0.000972. The van der Waals surface area contributed by atoms with Crippen LogP contribution in [0.1, 0.15) is 38.2 Å². The molecule has 0 unspecified atom stereocenters. The standard InChI is InChI=1S/C19H29ClN2O2S/c1-16-5-4-10-21(13-16)14-17-8-11-22(12-9-17)25(23,24)15-18-6-2-3-7-19(18)20/h2-3,6-7,16-17H,4-5,8-15H2,1H3/t16-/m1/s1. The molecule has 25 heavy (non-hydrogen) atoms. The van der Waals surface area contributed by atoms with Crippen LogP contribution in [0, 0.1) is 11.8 Å². The highest BCUT2D eigenvalue weighted by atomic mass is 35.5. The average Bonchev–Trinajstić information content (AvgIpc) is 2.57. The third kappa shape index (κ3) is 5.19. The van der Waals surface area contributed by atoms with Crippen LogP contribution < -0.4 is 0 Å². The van der Waals surface area contributed by atoms with Crippen molar-refractivity contribution in [3.05, 3.63) is 34.9 Å². The highest BCUT2D eigenvalue weighted by Gasteiger charge is 2.30. The molecule has 0 saturated carbocycles. The Kier molecular flexibility index (Phi) is 6.42. The molecule has 2 saturated heterocycles. The Morgan fingerprint density at radius 3 is 2.52 bits per heavy atom. The molecule has 0 N–H and O–H groups in total. The third-order valence-electron chi connectivity index (χ3n) is 5.52. The molecule has 1 aromatic carbocycles. The van der Waals surface area contributed by atoms with Gasteiger partial charge in [-0.15, -0.1) is 0 Å². The second kappa shape index (κ2) is 8.38. The first-order chi connectivity index (χ1) is 11.9. The maximum atomic E-state index is 12.7. The summed E-state index contributed by atoms with van der Waals surface area (Å²) in [6.45, 7) is 7.14. The van der Waals surface area contributed by atoms with Gasteiger partial charge in [0.2, 0.25) is 10.0 Å². The van der Waals surface area contributed by atoms with Crippen LogP contribution in [0.2, 0.25) is 5.02 Å². The SMILES string of the molecule is C[C@@H]1CCCN(CC2CCN(S(=O)(=O)Cc3ccccc3Cl)CC2)C1. The van der Waals surface area contributed by atoms with Gasteiger partial charge in [-0.2, -0.15) is 0 Å². The van der Waals surface area contributed by atoms with E-state index < -0.39 is 10.0 Å². The van der Waals surface area contributed by atoms with Crippen LogP contribution >= 0.6 is 11.6 Å². The van der Waals surface area contributed by atoms with E-state index in [0.717, 1.165) is 25.3 Å². The van der Waals surface area contributed by atoms with Gasteiger partial charge in [0.1, 0.15) is 0 Å². The molecule has 0 bridgehead atoms. The number of rotatable bonds is 5. The molecule has 2 aliphatic rings. The highest BCUT2D eigenvalue weighted by Crippen LogP contribution is 2.26. The van der Waals surface area contributed by atoms with E-state index in [0.29, 0.717) is 29.6 Å². The molecule has 3 rings (SSSR count). The van der Waals surface area contributed by atoms with Crippen molar-refractivity contribution in [2.75, 3.05) is 32.7 Å². The summed E-state index contributed by atoms with van der Waals surface area (Å²) in [6, 6.07) is 7.20. The van der Waals surface area contributed by atoms with Gasteiger partial charge < -0.3 is 4.90 Å². The second-order valence-electron chi connectivity index (χ2n) is 7.70. The molecule has 4 nitrogen and oxygen atoms in total. The summed E-state index contributed by atoms with van der Waals surface area (Å²) in [4.78, 5) is 2.58. The van der Waals surface area contributed by atoms with Gasteiger partial charge in [-0.3, -0.25) is 0 Å². The van der Waals surface area contributed by atoms with Gasteiger partial charge in [0.15, 0.2) is 0 Å². The van der Waals surface area contributed by atoms with Crippen LogP contribution in [0.15, 0.2) is 24.3 Å². The molecular formula is C19H29ClN2O2S. The van der Waals surface area contributed by atoms with Crippen LogP contribution in [-0.2, 0) is 15.8 Å². The summed E-state index contributed by atoms with van der Waals surface area (Å²) in [7, 11) is -3.29. The molecule has 0 aliphatic carbocycles. The quantitative estimate of drug-likeness (QED) is 0.778. The molecule has 0 amide bonds. The first-order valence-corrected chi connectivity index (χ1v) is 11.4. The fraction of sp³-hybridized carbons (Fsp3) is 0.684. The van der Waals surface area contributed by atoms with Crippen LogP contribution in [0.5, 0.6) is 0 Å². The Morgan fingerprint density at radius 2 is 1.84 bits per heavy atom. The third-order valence-corrected chi connectivity index (χ3v) is 7.72. The molecular weight excluding hydrogens is 356 g/mol. The van der Waals surface area contributed by atoms with E-state index in [1.54, 1.807) is 16.4 Å². The number of likely N-dealkylation sites (tertiary alicyclic amines) is 1. The molecule has 0 spiro atoms. The molecule has 2 heterocycles. The fourth-order valence-electron chi connectivity index (χ4n) is 4.09. The van der Waals surface area contributed by atoms with E-state index in [1.165, 1.54) is 25.9 Å². The Balaban J connectivity index is 1.52. The van der Waals surface area contributed by atoms with Gasteiger partial charge in [0, 0.05) is 31.2 Å². The monoisotopic (exact) mass is 384 g/mol. The average molecular weight is 385 g/mol. The number of sulfonamides is 1. The normalized spacial score (nSPS) is 24.5. The lowest BCUT2D eigenvalue weighted by molar-refractivity contribution is 0.136. The van der Waals surface area contributed by atoms with Gasteiger partial charge in [-0.05, 0) is 55.7 Å². The number of piperidine rings is 2. The van der Waals surface area contributed by atoms with Crippen LogP contribution in [-0.4, -0.2) is 50.3 Å². The van der Waals surface area contributed by atoms with Gasteiger partial charge in [0.05, 0.1) is 5.75 Å². The van der Waals surface area contributed by atoms with Gasteiger partial charge >= 0.3 is 0 Å². The largest absolute Gasteiger partial charge is 0.303 e. The lowest BCUT2D eigenvalue weighted by Crippen LogP contribution is -2.43. The van der Waals surface area contributed by atoms with Crippen molar-refractivity contribution in [1.29, 1.82) is 0 Å². The second-order valence-corrected chi connectivity index (χ2v) is 10.1. The first-order valence-electron chi connectivity index (χ1n) is 9.37. The Morgan fingerprint density at radius 1 is 1.12 bits per heavy atom. The molecule has 6 heteroatoms. The van der Waals surface area contributed by atoms with E-state index in [-0.39, 0.29) is 5.75 Å². The fourth-order valence-corrected chi connectivity index (χ4v) is 5.97. The number of hydrogen-bond acceptors (Lipinski definition) is 3. The number of hydrogen-bond donors (Lipinski definition) is 0. The van der Waals surface area contributed by atoms with Crippen molar-refractivity contribution >= 4 is 21.6 Å². The Hall–Kier alpha value is -0.620. The van der Waals surface area contributed by atoms with Crippen molar-refractivity contribution in [3.8, 4) is 0 Å². The number of nitrogens with zero attached hydrogens (tertiary/aromatic N) is 2. The van der Waals surface area contributed by atoms with Crippen molar-refractivity contribution in [1.82, 2.24) is 9.21 Å². The van der Waals surface area contributed by atoms with E-state index in [1.807, 2.05) is 12.1 Å². The van der Waals surface area contributed by atoms with E-state index in [2.05, 4.69) is 11.8 Å². The van der Waals surface area contributed by atoms with Crippen molar-refractivity contribution in [2.45, 2.75) is 38.4 Å². The van der Waals surface area contributed by atoms with Crippen molar-refractivity contribution in [2.24, 2.45) is 11.8 Å². The summed E-state index contributed by atoms with van der Waals surface area (Å²) in [5.74, 6) is 1.42. The van der Waals surface area contributed by atoms with Crippen LogP contribution in [0.3, 0.4) is 0 Å². The maximum absolute atomic E-state index is 12.7. The molecule has 0 radical (unpaired) electrons. The molecule has 2 fully saturated rings. The maximum Gasteiger partial charge on any atom is 0.218 e. The van der Waals surface area contributed by atoms with E-state index in [9.17, 15) is 8.42 Å². The lowest BCUT2D eigenvalue weighted by Gasteiger charge is -2.37. The molecule has 0 aromatic heterocycles. The molecule has 1 atom stereocenters. The van der Waals surface area contributed by atoms with Crippen molar-refractivity contribution in [3.63, 3.8) is 0 Å². The summed E-state index contributed by atoms with van der Waals surface area (Å²) in [5.41, 5.74) is 0.689. The minimum Gasteiger partial charge on any atom is -0.303 e. The van der Waals surface area contributed by atoms with Gasteiger partial charge in [-0.25, -0.2) is 12.7 Å². The van der Waals surface area contributed by atoms with Gasteiger partial charge in [0.25, 0.3) is 0 Å². The van der Waals surface area contributed by atoms with E-state index in [4.69, 9.17) is 11.6 Å². The smallest absolute Gasteiger partial charge is 0.218 e. The first kappa shape index (κ1) is 19.2. The molecule has 140 valence electrons. The van der Waals surface area contributed by atoms with Gasteiger partial charge in [-0.1, -0.05) is 36.7 Å². The summed E-state index contributed by atoms with van der Waals surface area (Å²) in [6.07, 6.45) is 4.57. The van der Waals surface area contributed by atoms with E-state index >= 15 is 0 Å². The van der Waals surface area contributed by atoms with Crippen LogP contribution in [0.25, 0.3) is 0 Å². The Bertz CT molecular complexity index is 672. The number of halogens is 1. The molecule has 1 aromatic rings. The topological polar surface area (TPSA) is 40.6 Å². The predicted molar refractivity (Wildman–Crippen MR) is 103 cm³/mol. The zero-order valence-corrected chi connectivity index (χ0v) is 16.6. The number of benzene rings is 1. The van der Waals surface area contributed by atoms with Crippen molar-refractivity contribution < 1.29 is 8.42 Å². The summed E-state index contributed by atoms with van der Waals surface area (Å²) < 4.78 is 27.1. The summed E-state index contributed by atoms with van der Waals surface area (Å²) >= 11 is 6.12. The highest BCUT2D eigenvalue weighted by molar-refractivity contribution is 7.88. The lowest BCUT2D eigenvalue weighted by atomic mass is 9.94. The summed E-state index contributed by atoms with van der Waals surface area (Å²) in [5, 5.41) is 0.528. The van der Waals surface area contributed by atoms with Crippen LogP contribution in [0.4, 0.5) is 0 Å². The zero-order chi connectivity index (χ0) is 17.9. The molecule has 2 aliphatic heterocycles. The Labute approximate surface area is 157 Å². The predicted octanol–water partition coefficient (Wildman–Crippen LogP) is 3.61. The zero-order valence-electron chi connectivity index (χ0n) is 15.0.